The molecule has 6 heteroatoms. The van der Waals surface area contributed by atoms with Gasteiger partial charge in [0, 0.05) is 32.9 Å². The predicted molar refractivity (Wildman–Crippen MR) is 240 cm³/mol. The largest absolute Gasteiger partial charge is 0.309 e. The quantitative estimate of drug-likeness (QED) is 0.165. The third-order valence-corrected chi connectivity index (χ3v) is 12.9. The molecule has 2 aliphatic heterocycles. The summed E-state index contributed by atoms with van der Waals surface area (Å²) in [5, 5.41) is 39.5. The third kappa shape index (κ3) is 4.01. The molecule has 0 N–H and O–H groups in total. The molecule has 0 fully saturated rings. The standard InChI is InChI=1S/C53H26BN5/c55-27-30-15-19-35(20-16-30)58-43-13-3-1-9-37(43)49-45(58)25-33-7-5-11-41-47(33)51(49)39-23-32(29-57)24-40-52-48-34(8-6-12-42(48)54(41)53(39)40)26-46-50(52)38-10-2-4-14-44(38)59(46)36-21-17-31(28-56)18-22-36/h1-26H. The van der Waals surface area contributed by atoms with Crippen LogP contribution in [0.4, 0.5) is 0 Å². The van der Waals surface area contributed by atoms with E-state index in [1.54, 1.807) is 0 Å². The van der Waals surface area contributed by atoms with Crippen molar-refractivity contribution >= 4 is 88.3 Å². The zero-order valence-corrected chi connectivity index (χ0v) is 31.3. The first-order chi connectivity index (χ1) is 29.1. The number of benzene rings is 9. The molecule has 0 radical (unpaired) electrons. The Morgan fingerprint density at radius 2 is 0.831 bits per heavy atom. The van der Waals surface area contributed by atoms with Gasteiger partial charge in [0.25, 0.3) is 0 Å². The van der Waals surface area contributed by atoms with Crippen molar-refractivity contribution in [3.8, 4) is 51.8 Å². The summed E-state index contributed by atoms with van der Waals surface area (Å²) in [6.07, 6.45) is 0. The zero-order valence-electron chi connectivity index (χ0n) is 31.3. The van der Waals surface area contributed by atoms with E-state index in [1.165, 1.54) is 27.2 Å². The Labute approximate surface area is 338 Å². The highest BCUT2D eigenvalue weighted by atomic mass is 15.0. The summed E-state index contributed by atoms with van der Waals surface area (Å²) in [5.74, 6) is 0. The molecule has 4 heterocycles. The minimum absolute atomic E-state index is 0.0474. The lowest BCUT2D eigenvalue weighted by Gasteiger charge is -2.35. The number of nitriles is 3. The van der Waals surface area contributed by atoms with Crippen LogP contribution in [-0.2, 0) is 0 Å². The van der Waals surface area contributed by atoms with E-state index in [2.05, 4.69) is 137 Å². The van der Waals surface area contributed by atoms with Crippen LogP contribution in [-0.4, -0.2) is 15.8 Å². The topological polar surface area (TPSA) is 81.2 Å². The summed E-state index contributed by atoms with van der Waals surface area (Å²) in [4.78, 5) is 0. The van der Waals surface area contributed by atoms with Crippen LogP contribution < -0.4 is 16.4 Å². The van der Waals surface area contributed by atoms with Crippen LogP contribution in [0.25, 0.3) is 98.8 Å². The smallest absolute Gasteiger partial charge is 0.244 e. The number of fused-ring (bicyclic) bond motifs is 12. The maximum absolute atomic E-state index is 10.9. The van der Waals surface area contributed by atoms with Crippen LogP contribution in [0.15, 0.2) is 158 Å². The molecule has 11 aromatic rings. The van der Waals surface area contributed by atoms with E-state index >= 15 is 0 Å². The molecule has 0 unspecified atom stereocenters. The molecular formula is C53H26BN5. The van der Waals surface area contributed by atoms with Crippen LogP contribution in [0.5, 0.6) is 0 Å². The van der Waals surface area contributed by atoms with Crippen LogP contribution >= 0.6 is 0 Å². The van der Waals surface area contributed by atoms with Gasteiger partial charge in [0.05, 0.1) is 57.0 Å². The Kier molecular flexibility index (Phi) is 6.13. The van der Waals surface area contributed by atoms with E-state index in [4.69, 9.17) is 0 Å². The number of hydrogen-bond acceptors (Lipinski definition) is 3. The second-order valence-electron chi connectivity index (χ2n) is 15.7. The molecular weight excluding hydrogens is 717 g/mol. The van der Waals surface area contributed by atoms with Gasteiger partial charge >= 0.3 is 0 Å². The van der Waals surface area contributed by atoms with Crippen molar-refractivity contribution in [1.29, 1.82) is 15.8 Å². The second kappa shape index (κ2) is 11.4. The van der Waals surface area contributed by atoms with E-state index in [9.17, 15) is 15.8 Å². The van der Waals surface area contributed by atoms with Crippen molar-refractivity contribution in [3.05, 3.63) is 174 Å². The molecule has 0 saturated heterocycles. The van der Waals surface area contributed by atoms with E-state index < -0.39 is 0 Å². The number of hydrogen-bond donors (Lipinski definition) is 0. The number of nitrogens with zero attached hydrogens (tertiary/aromatic N) is 5. The molecule has 0 atom stereocenters. The molecule has 9 aromatic carbocycles. The molecule has 0 bridgehead atoms. The van der Waals surface area contributed by atoms with Gasteiger partial charge in [0.1, 0.15) is 0 Å². The van der Waals surface area contributed by atoms with Crippen molar-refractivity contribution in [3.63, 3.8) is 0 Å². The first-order valence-electron chi connectivity index (χ1n) is 19.7. The first kappa shape index (κ1) is 31.8. The molecule has 2 aliphatic rings. The Morgan fingerprint density at radius 3 is 1.27 bits per heavy atom. The highest BCUT2D eigenvalue weighted by Crippen LogP contribution is 2.49. The van der Waals surface area contributed by atoms with Gasteiger partial charge in [-0.1, -0.05) is 89.2 Å². The summed E-state index contributed by atoms with van der Waals surface area (Å²) in [5.41, 5.74) is 16.4. The average molecular weight is 744 g/mol. The van der Waals surface area contributed by atoms with Crippen LogP contribution in [0.3, 0.4) is 0 Å². The minimum atomic E-state index is -0.0474. The van der Waals surface area contributed by atoms with E-state index in [0.717, 1.165) is 88.0 Å². The van der Waals surface area contributed by atoms with Gasteiger partial charge in [0.15, 0.2) is 0 Å². The van der Waals surface area contributed by atoms with Gasteiger partial charge in [-0.25, -0.2) is 0 Å². The van der Waals surface area contributed by atoms with Crippen molar-refractivity contribution in [2.24, 2.45) is 0 Å². The highest BCUT2D eigenvalue weighted by molar-refractivity contribution is 7.01. The fraction of sp³-hybridized carbons (Fsp3) is 0. The number of para-hydroxylation sites is 2. The fourth-order valence-electron chi connectivity index (χ4n) is 10.7. The third-order valence-electron chi connectivity index (χ3n) is 12.9. The van der Waals surface area contributed by atoms with Gasteiger partial charge in [-0.15, -0.1) is 0 Å². The van der Waals surface area contributed by atoms with E-state index in [-0.39, 0.29) is 6.71 Å². The Morgan fingerprint density at radius 1 is 0.390 bits per heavy atom. The van der Waals surface area contributed by atoms with Crippen LogP contribution in [0.1, 0.15) is 16.7 Å². The molecule has 0 amide bonds. The summed E-state index contributed by atoms with van der Waals surface area (Å²) in [6, 6.07) is 62.4. The molecule has 59 heavy (non-hydrogen) atoms. The zero-order chi connectivity index (χ0) is 39.1. The highest BCUT2D eigenvalue weighted by Gasteiger charge is 2.41. The fourth-order valence-corrected chi connectivity index (χ4v) is 10.7. The normalized spacial score (nSPS) is 12.3. The van der Waals surface area contributed by atoms with Crippen molar-refractivity contribution in [2.75, 3.05) is 0 Å². The minimum Gasteiger partial charge on any atom is -0.309 e. The maximum atomic E-state index is 10.9. The van der Waals surface area contributed by atoms with Crippen molar-refractivity contribution < 1.29 is 0 Å². The van der Waals surface area contributed by atoms with Gasteiger partial charge in [-0.3, -0.25) is 0 Å². The van der Waals surface area contributed by atoms with Gasteiger partial charge in [0.2, 0.25) is 6.71 Å². The van der Waals surface area contributed by atoms with E-state index in [1.807, 2.05) is 48.5 Å². The van der Waals surface area contributed by atoms with Gasteiger partial charge in [-0.2, -0.15) is 15.8 Å². The summed E-state index contributed by atoms with van der Waals surface area (Å²) < 4.78 is 4.64. The number of rotatable bonds is 2. The SMILES string of the molecule is N#Cc1ccc(-n2c3ccccc3c3c4c5c(cccc5cc32)B2c3c-4cc(C#N)cc3-c3c4c2cccc4cc2c3c3ccccc3n2-c2ccc(C#N)cc2)cc1. The Bertz CT molecular complexity index is 3620. The Hall–Kier alpha value is -8.37. The average Bonchev–Trinajstić information content (AvgIpc) is 3.80. The molecule has 0 spiro atoms. The molecule has 266 valence electrons. The molecule has 0 saturated carbocycles. The van der Waals surface area contributed by atoms with Crippen molar-refractivity contribution in [2.45, 2.75) is 0 Å². The van der Waals surface area contributed by atoms with Gasteiger partial charge < -0.3 is 9.13 Å². The number of aromatic nitrogens is 2. The van der Waals surface area contributed by atoms with E-state index in [0.29, 0.717) is 16.7 Å². The summed E-state index contributed by atoms with van der Waals surface area (Å²) >= 11 is 0. The molecule has 13 rings (SSSR count). The van der Waals surface area contributed by atoms with Crippen LogP contribution in [0, 0.1) is 34.0 Å². The monoisotopic (exact) mass is 743 g/mol. The lowest BCUT2D eigenvalue weighted by molar-refractivity contribution is 1.18. The van der Waals surface area contributed by atoms with Crippen molar-refractivity contribution in [1.82, 2.24) is 9.13 Å². The Balaban J connectivity index is 1.22. The summed E-state index contributed by atoms with van der Waals surface area (Å²) in [6.45, 7) is -0.0474. The van der Waals surface area contributed by atoms with Crippen LogP contribution in [0.2, 0.25) is 0 Å². The molecule has 0 aliphatic carbocycles. The molecule has 2 aromatic heterocycles. The lowest BCUT2D eigenvalue weighted by Crippen LogP contribution is -2.57. The lowest BCUT2D eigenvalue weighted by atomic mass is 9.31. The first-order valence-corrected chi connectivity index (χ1v) is 19.7. The summed E-state index contributed by atoms with van der Waals surface area (Å²) in [7, 11) is 0. The van der Waals surface area contributed by atoms with Gasteiger partial charge in [-0.05, 0) is 129 Å². The predicted octanol–water partition coefficient (Wildman–Crippen LogP) is 10.3. The maximum Gasteiger partial charge on any atom is 0.244 e. The second-order valence-corrected chi connectivity index (χ2v) is 15.7. The molecule has 5 nitrogen and oxygen atoms in total.